The van der Waals surface area contributed by atoms with Crippen LogP contribution in [0.4, 0.5) is 0 Å². The summed E-state index contributed by atoms with van der Waals surface area (Å²) in [7, 11) is 0. The number of nitrogens with two attached hydrogens (primary N) is 1. The van der Waals surface area contributed by atoms with E-state index in [4.69, 9.17) is 4.42 Å². The van der Waals surface area contributed by atoms with Crippen molar-refractivity contribution in [3.8, 4) is 0 Å². The van der Waals surface area contributed by atoms with Gasteiger partial charge < -0.3 is 14.6 Å². The third kappa shape index (κ3) is 3.32. The molecule has 0 aliphatic carbocycles. The first-order chi connectivity index (χ1) is 12.7. The van der Waals surface area contributed by atoms with Crippen LogP contribution in [-0.4, -0.2) is 23.9 Å². The molecule has 0 radical (unpaired) electrons. The molecule has 134 valence electrons. The molecule has 1 amide bonds. The average molecular weight is 367 g/mol. The quantitative estimate of drug-likeness (QED) is 0.754. The molecule has 0 saturated heterocycles. The van der Waals surface area contributed by atoms with Crippen molar-refractivity contribution in [3.63, 3.8) is 0 Å². The Labute approximate surface area is 157 Å². The summed E-state index contributed by atoms with van der Waals surface area (Å²) in [6.45, 7) is 4.02. The van der Waals surface area contributed by atoms with E-state index in [2.05, 4.69) is 47.5 Å². The van der Waals surface area contributed by atoms with E-state index in [9.17, 15) is 4.79 Å². The van der Waals surface area contributed by atoms with E-state index in [0.29, 0.717) is 13.1 Å². The van der Waals surface area contributed by atoms with Gasteiger partial charge in [0.25, 0.3) is 5.91 Å². The Morgan fingerprint density at radius 3 is 2.92 bits per heavy atom. The summed E-state index contributed by atoms with van der Waals surface area (Å²) in [6.07, 6.45) is 2.61. The molecule has 1 atom stereocenters. The number of carbonyl (C=O) groups excluding carboxylic acids is 1. The van der Waals surface area contributed by atoms with Crippen molar-refractivity contribution in [2.45, 2.75) is 25.9 Å². The van der Waals surface area contributed by atoms with Crippen LogP contribution in [0.15, 0.2) is 58.5 Å². The number of quaternary nitrogens is 1. The van der Waals surface area contributed by atoms with Crippen LogP contribution in [0.25, 0.3) is 0 Å². The third-order valence-corrected chi connectivity index (χ3v) is 6.01. The topological polar surface area (TPSA) is 50.1 Å². The molecule has 0 spiro atoms. The Morgan fingerprint density at radius 1 is 1.23 bits per heavy atom. The molecule has 0 fully saturated rings. The van der Waals surface area contributed by atoms with Gasteiger partial charge in [-0.2, -0.15) is 0 Å². The van der Waals surface area contributed by atoms with Crippen molar-refractivity contribution in [1.82, 2.24) is 4.90 Å². The van der Waals surface area contributed by atoms with Crippen molar-refractivity contribution in [2.24, 2.45) is 0 Å². The molecular weight excluding hydrogens is 344 g/mol. The number of hydrogen-bond donors (Lipinski definition) is 1. The Morgan fingerprint density at radius 2 is 2.12 bits per heavy atom. The Bertz CT molecular complexity index is 885. The molecule has 2 N–H and O–H groups in total. The number of furan rings is 1. The van der Waals surface area contributed by atoms with Gasteiger partial charge in [-0.25, -0.2) is 0 Å². The van der Waals surface area contributed by atoms with Crippen LogP contribution in [0.3, 0.4) is 0 Å². The largest absolute Gasteiger partial charge is 0.463 e. The van der Waals surface area contributed by atoms with E-state index in [-0.39, 0.29) is 11.9 Å². The van der Waals surface area contributed by atoms with E-state index in [0.717, 1.165) is 18.7 Å². The van der Waals surface area contributed by atoms with Gasteiger partial charge in [-0.1, -0.05) is 24.3 Å². The highest BCUT2D eigenvalue weighted by Gasteiger charge is 2.33. The maximum absolute atomic E-state index is 13.0. The molecule has 5 heteroatoms. The lowest BCUT2D eigenvalue weighted by atomic mass is 9.90. The summed E-state index contributed by atoms with van der Waals surface area (Å²) in [6, 6.07) is 14.4. The number of hydrogen-bond acceptors (Lipinski definition) is 3. The summed E-state index contributed by atoms with van der Waals surface area (Å²) in [5, 5.41) is 4.16. The Hall–Kier alpha value is -2.37. The van der Waals surface area contributed by atoms with E-state index in [1.54, 1.807) is 17.6 Å². The van der Waals surface area contributed by atoms with Gasteiger partial charge >= 0.3 is 0 Å². The number of aryl methyl sites for hydroxylation is 1. The summed E-state index contributed by atoms with van der Waals surface area (Å²) >= 11 is 1.80. The van der Waals surface area contributed by atoms with E-state index >= 15 is 0 Å². The zero-order valence-electron chi connectivity index (χ0n) is 14.9. The van der Waals surface area contributed by atoms with Crippen molar-refractivity contribution >= 4 is 17.2 Å². The van der Waals surface area contributed by atoms with E-state index < -0.39 is 0 Å². The highest BCUT2D eigenvalue weighted by Crippen LogP contribution is 2.38. The summed E-state index contributed by atoms with van der Waals surface area (Å²) in [5.74, 6) is 1.08. The lowest BCUT2D eigenvalue weighted by Gasteiger charge is -2.36. The zero-order chi connectivity index (χ0) is 17.9. The van der Waals surface area contributed by atoms with Gasteiger partial charge in [0.15, 0.2) is 12.3 Å². The molecule has 2 aromatic heterocycles. The fraction of sp³-hybridized carbons (Fsp3) is 0.286. The van der Waals surface area contributed by atoms with Crippen LogP contribution in [0.2, 0.25) is 0 Å². The molecule has 3 heterocycles. The summed E-state index contributed by atoms with van der Waals surface area (Å²) in [5.41, 5.74) is 3.75. The van der Waals surface area contributed by atoms with Crippen LogP contribution >= 0.6 is 11.3 Å². The minimum absolute atomic E-state index is 0.0238. The first kappa shape index (κ1) is 17.1. The Kier molecular flexibility index (Phi) is 4.91. The molecule has 1 aromatic carbocycles. The molecule has 1 aliphatic heterocycles. The average Bonchev–Trinajstić information content (AvgIpc) is 3.33. The monoisotopic (exact) mass is 367 g/mol. The van der Waals surface area contributed by atoms with Crippen LogP contribution in [0, 0.1) is 6.92 Å². The lowest BCUT2D eigenvalue weighted by Crippen LogP contribution is -2.85. The molecule has 3 aromatic rings. The van der Waals surface area contributed by atoms with Gasteiger partial charge in [0.05, 0.1) is 12.3 Å². The minimum Gasteiger partial charge on any atom is -0.463 e. The number of fused-ring (bicyclic) bond motifs is 1. The predicted molar refractivity (Wildman–Crippen MR) is 102 cm³/mol. The van der Waals surface area contributed by atoms with Crippen LogP contribution < -0.4 is 5.32 Å². The standard InChI is InChI=1S/C21H22N2O2S/c1-15-5-2-3-7-17(15)21-18-9-12-26-19(18)8-10-23(21)20(24)14-22-13-16-6-4-11-25-16/h2-7,9,11-12,21-22H,8,10,13-14H2,1H3/p+1/t21-/m1/s1. The van der Waals surface area contributed by atoms with Gasteiger partial charge in [-0.05, 0) is 53.6 Å². The molecule has 1 aliphatic rings. The maximum atomic E-state index is 13.0. The van der Waals surface area contributed by atoms with Crippen LogP contribution in [0.1, 0.15) is 33.4 Å². The van der Waals surface area contributed by atoms with Crippen LogP contribution in [-0.2, 0) is 17.8 Å². The first-order valence-corrected chi connectivity index (χ1v) is 9.87. The number of thiophene rings is 1. The van der Waals surface area contributed by atoms with E-state index in [1.807, 2.05) is 17.4 Å². The van der Waals surface area contributed by atoms with Crippen molar-refractivity contribution in [2.75, 3.05) is 13.1 Å². The lowest BCUT2D eigenvalue weighted by molar-refractivity contribution is -0.662. The maximum Gasteiger partial charge on any atom is 0.278 e. The second-order valence-electron chi connectivity index (χ2n) is 6.67. The smallest absolute Gasteiger partial charge is 0.278 e. The Balaban J connectivity index is 1.56. The molecule has 0 unspecified atom stereocenters. The highest BCUT2D eigenvalue weighted by atomic mass is 32.1. The number of nitrogens with zero attached hydrogens (tertiary/aromatic N) is 1. The summed E-state index contributed by atoms with van der Waals surface area (Å²) < 4.78 is 5.35. The highest BCUT2D eigenvalue weighted by molar-refractivity contribution is 7.10. The minimum atomic E-state index is 0.0238. The summed E-state index contributed by atoms with van der Waals surface area (Å²) in [4.78, 5) is 16.5. The van der Waals surface area contributed by atoms with E-state index in [1.165, 1.54) is 21.6 Å². The number of rotatable bonds is 5. The molecule has 26 heavy (non-hydrogen) atoms. The van der Waals surface area contributed by atoms with Gasteiger partial charge in [0.2, 0.25) is 0 Å². The fourth-order valence-corrected chi connectivity index (χ4v) is 4.60. The third-order valence-electron chi connectivity index (χ3n) is 5.01. The molecule has 0 saturated carbocycles. The normalized spacial score (nSPS) is 16.5. The van der Waals surface area contributed by atoms with Crippen molar-refractivity contribution in [3.05, 3.63) is 81.4 Å². The van der Waals surface area contributed by atoms with Crippen LogP contribution in [0.5, 0.6) is 0 Å². The second kappa shape index (κ2) is 7.48. The number of amides is 1. The molecule has 4 rings (SSSR count). The molecule has 0 bridgehead atoms. The van der Waals surface area contributed by atoms with Gasteiger partial charge in [0.1, 0.15) is 6.54 Å². The van der Waals surface area contributed by atoms with Gasteiger partial charge in [0, 0.05) is 11.4 Å². The molecule has 4 nitrogen and oxygen atoms in total. The number of benzene rings is 1. The van der Waals surface area contributed by atoms with Gasteiger partial charge in [-0.3, -0.25) is 4.79 Å². The zero-order valence-corrected chi connectivity index (χ0v) is 15.7. The SMILES string of the molecule is Cc1ccccc1[C@@H]1c2ccsc2CCN1C(=O)C[NH2+]Cc1ccco1. The van der Waals surface area contributed by atoms with Crippen molar-refractivity contribution < 1.29 is 14.5 Å². The molecular formula is C21H23N2O2S+. The first-order valence-electron chi connectivity index (χ1n) is 8.99. The fourth-order valence-electron chi connectivity index (χ4n) is 3.70. The van der Waals surface area contributed by atoms with Crippen molar-refractivity contribution in [1.29, 1.82) is 0 Å². The van der Waals surface area contributed by atoms with Gasteiger partial charge in [-0.15, -0.1) is 11.3 Å². The number of carbonyl (C=O) groups is 1. The second-order valence-corrected chi connectivity index (χ2v) is 7.67. The predicted octanol–water partition coefficient (Wildman–Crippen LogP) is 2.89.